The van der Waals surface area contributed by atoms with E-state index in [4.69, 9.17) is 14.7 Å². The van der Waals surface area contributed by atoms with Crippen molar-refractivity contribution in [3.63, 3.8) is 0 Å². The van der Waals surface area contributed by atoms with Crippen LogP contribution in [0.3, 0.4) is 0 Å². The lowest BCUT2D eigenvalue weighted by Crippen LogP contribution is -2.18. The van der Waals surface area contributed by atoms with Crippen molar-refractivity contribution in [1.82, 2.24) is 0 Å². The Kier molecular flexibility index (Phi) is 22.4. The van der Waals surface area contributed by atoms with Crippen molar-refractivity contribution in [2.24, 2.45) is 0 Å². The van der Waals surface area contributed by atoms with Crippen molar-refractivity contribution in [3.8, 4) is 0 Å². The van der Waals surface area contributed by atoms with E-state index in [0.29, 0.717) is 0 Å². The first-order valence-electron chi connectivity index (χ1n) is 6.57. The average molecular weight is 281 g/mol. The van der Waals surface area contributed by atoms with E-state index < -0.39 is 8.60 Å². The number of thiol groups is 1. The molecule has 0 atom stereocenters. The van der Waals surface area contributed by atoms with Crippen LogP contribution in [0.4, 0.5) is 0 Å². The van der Waals surface area contributed by atoms with Crippen molar-refractivity contribution in [2.45, 2.75) is 71.1 Å². The van der Waals surface area contributed by atoms with Gasteiger partial charge in [-0.1, -0.05) is 64.7 Å². The van der Waals surface area contributed by atoms with Crippen LogP contribution in [0.5, 0.6) is 0 Å². The van der Waals surface area contributed by atoms with Crippen LogP contribution in [-0.2, 0) is 0 Å². The summed E-state index contributed by atoms with van der Waals surface area (Å²) in [7, 11) is -3.37. The molecule has 0 aromatic carbocycles. The molecule has 0 rings (SSSR count). The molecule has 0 aliphatic carbocycles. The van der Waals surface area contributed by atoms with Crippen LogP contribution in [0.1, 0.15) is 71.1 Å². The van der Waals surface area contributed by atoms with Crippen LogP contribution < -0.4 is 14.7 Å². The highest BCUT2D eigenvalue weighted by molar-refractivity contribution is 7.80. The SMILES string of the molecule is CCCCCCCCCCCCS.[O-]P([O-])[O-]. The lowest BCUT2D eigenvalue weighted by Gasteiger charge is -2.39. The molecule has 3 nitrogen and oxygen atoms in total. The quantitative estimate of drug-likeness (QED) is 0.379. The predicted molar refractivity (Wildman–Crippen MR) is 72.6 cm³/mol. The summed E-state index contributed by atoms with van der Waals surface area (Å²) in [6.07, 6.45) is 14.2. The van der Waals surface area contributed by atoms with Crippen LogP contribution in [0.15, 0.2) is 0 Å². The third-order valence-electron chi connectivity index (χ3n) is 2.51. The van der Waals surface area contributed by atoms with E-state index in [2.05, 4.69) is 19.6 Å². The predicted octanol–water partition coefficient (Wildman–Crippen LogP) is 2.13. The van der Waals surface area contributed by atoms with Gasteiger partial charge in [-0.2, -0.15) is 12.6 Å². The highest BCUT2D eigenvalue weighted by atomic mass is 32.1. The topological polar surface area (TPSA) is 69.2 Å². The summed E-state index contributed by atoms with van der Waals surface area (Å²) < 4.78 is 0. The number of unbranched alkanes of at least 4 members (excludes halogenated alkanes) is 9. The van der Waals surface area contributed by atoms with E-state index in [1.807, 2.05) is 0 Å². The molecule has 0 aromatic heterocycles. The Bertz CT molecular complexity index is 114. The summed E-state index contributed by atoms with van der Waals surface area (Å²) in [5, 5.41) is 0. The number of hydrogen-bond donors (Lipinski definition) is 1. The molecule has 0 bridgehead atoms. The van der Waals surface area contributed by atoms with Crippen LogP contribution >= 0.6 is 21.2 Å². The molecule has 17 heavy (non-hydrogen) atoms. The highest BCUT2D eigenvalue weighted by Crippen LogP contribution is 2.10. The Morgan fingerprint density at radius 2 is 1.00 bits per heavy atom. The molecule has 0 N–H and O–H groups in total. The molecule has 0 radical (unpaired) electrons. The Balaban J connectivity index is 0. The molecule has 0 fully saturated rings. The first-order chi connectivity index (χ1) is 8.15. The summed E-state index contributed by atoms with van der Waals surface area (Å²) in [6, 6.07) is 0. The van der Waals surface area contributed by atoms with Gasteiger partial charge < -0.3 is 23.3 Å². The van der Waals surface area contributed by atoms with E-state index >= 15 is 0 Å². The zero-order valence-corrected chi connectivity index (χ0v) is 12.7. The normalized spacial score (nSPS) is 10.2. The molecule has 0 aliphatic rings. The fraction of sp³-hybridized carbons (Fsp3) is 1.00. The third kappa shape index (κ3) is 31.5. The van der Waals surface area contributed by atoms with E-state index in [1.165, 1.54) is 64.2 Å². The maximum atomic E-state index is 8.48. The summed E-state index contributed by atoms with van der Waals surface area (Å²) >= 11 is 4.20. The lowest BCUT2D eigenvalue weighted by atomic mass is 10.1. The van der Waals surface area contributed by atoms with Gasteiger partial charge in [-0.05, 0) is 12.2 Å². The van der Waals surface area contributed by atoms with E-state index in [-0.39, 0.29) is 0 Å². The Morgan fingerprint density at radius 3 is 1.29 bits per heavy atom. The fourth-order valence-electron chi connectivity index (χ4n) is 1.60. The molecular weight excluding hydrogens is 255 g/mol. The van der Waals surface area contributed by atoms with Gasteiger partial charge in [0.25, 0.3) is 0 Å². The van der Waals surface area contributed by atoms with Crippen molar-refractivity contribution in [3.05, 3.63) is 0 Å². The first-order valence-corrected chi connectivity index (χ1v) is 8.30. The first kappa shape index (κ1) is 20.0. The van der Waals surface area contributed by atoms with E-state index in [0.717, 1.165) is 5.75 Å². The molecule has 0 aliphatic heterocycles. The molecule has 0 saturated heterocycles. The van der Waals surface area contributed by atoms with Crippen molar-refractivity contribution < 1.29 is 14.7 Å². The molecule has 0 aromatic rings. The van der Waals surface area contributed by atoms with Crippen LogP contribution in [0, 0.1) is 0 Å². The smallest absolute Gasteiger partial charge is 0.00979 e. The third-order valence-corrected chi connectivity index (χ3v) is 2.83. The molecule has 0 heterocycles. The minimum Gasteiger partial charge on any atom is -0.854 e. The maximum absolute atomic E-state index is 8.48. The Morgan fingerprint density at radius 1 is 0.706 bits per heavy atom. The Labute approximate surface area is 113 Å². The van der Waals surface area contributed by atoms with Crippen molar-refractivity contribution >= 4 is 21.2 Å². The fourth-order valence-corrected chi connectivity index (χ4v) is 1.82. The van der Waals surface area contributed by atoms with Gasteiger partial charge in [-0.3, -0.25) is 0 Å². The van der Waals surface area contributed by atoms with Gasteiger partial charge in [-0.25, -0.2) is 0 Å². The number of rotatable bonds is 10. The molecule has 106 valence electrons. The molecule has 0 amide bonds. The molecule has 0 unspecified atom stereocenters. The van der Waals surface area contributed by atoms with Crippen LogP contribution in [0.25, 0.3) is 0 Å². The minimum absolute atomic E-state index is 1.07. The molecule has 0 spiro atoms. The molecule has 0 saturated carbocycles. The monoisotopic (exact) mass is 281 g/mol. The number of hydrogen-bond acceptors (Lipinski definition) is 4. The van der Waals surface area contributed by atoms with E-state index in [1.54, 1.807) is 0 Å². The van der Waals surface area contributed by atoms with Gasteiger partial charge in [-0.15, -0.1) is 0 Å². The highest BCUT2D eigenvalue weighted by Gasteiger charge is 1.91. The van der Waals surface area contributed by atoms with Crippen LogP contribution in [-0.4, -0.2) is 5.75 Å². The van der Waals surface area contributed by atoms with Gasteiger partial charge in [0.05, 0.1) is 0 Å². The molecular formula is C12H26O3PS-3. The summed E-state index contributed by atoms with van der Waals surface area (Å²) in [6.45, 7) is 2.28. The minimum atomic E-state index is -3.37. The van der Waals surface area contributed by atoms with Crippen LogP contribution in [0.2, 0.25) is 0 Å². The van der Waals surface area contributed by atoms with Gasteiger partial charge in [0.1, 0.15) is 0 Å². The summed E-state index contributed by atoms with van der Waals surface area (Å²) in [5.74, 6) is 1.07. The van der Waals surface area contributed by atoms with Gasteiger partial charge in [0.15, 0.2) is 0 Å². The maximum Gasteiger partial charge on any atom is -0.00979 e. The largest absolute Gasteiger partial charge is 0.854 e. The Hall–Kier alpha value is 0.660. The zero-order chi connectivity index (χ0) is 13.4. The van der Waals surface area contributed by atoms with Gasteiger partial charge >= 0.3 is 0 Å². The summed E-state index contributed by atoms with van der Waals surface area (Å²) in [5.41, 5.74) is 0. The van der Waals surface area contributed by atoms with Gasteiger partial charge in [0.2, 0.25) is 0 Å². The lowest BCUT2D eigenvalue weighted by molar-refractivity contribution is -0.407. The second-order valence-corrected chi connectivity index (χ2v) is 5.02. The zero-order valence-electron chi connectivity index (χ0n) is 10.9. The van der Waals surface area contributed by atoms with Crippen molar-refractivity contribution in [2.75, 3.05) is 5.75 Å². The van der Waals surface area contributed by atoms with Crippen molar-refractivity contribution in [1.29, 1.82) is 0 Å². The van der Waals surface area contributed by atoms with Gasteiger partial charge in [0, 0.05) is 0 Å². The van der Waals surface area contributed by atoms with E-state index in [9.17, 15) is 0 Å². The standard InChI is InChI=1S/C12H26S.O3P/c1-2-3-4-5-6-7-8-9-10-11-12-13;1-4(2)3/h13H,2-12H2,1H3;/q;-3. The second kappa shape index (κ2) is 19.0. The average Bonchev–Trinajstić information content (AvgIpc) is 2.26. The molecule has 5 heteroatoms. The summed E-state index contributed by atoms with van der Waals surface area (Å²) in [4.78, 5) is 25.4. The second-order valence-electron chi connectivity index (χ2n) is 4.13.